The molecule has 1 aliphatic rings. The zero-order valence-electron chi connectivity index (χ0n) is 12.2. The van der Waals surface area contributed by atoms with E-state index in [1.165, 1.54) is 6.33 Å². The average molecular weight is 421 g/mol. The fourth-order valence-corrected chi connectivity index (χ4v) is 2.94. The first-order valence-corrected chi connectivity index (χ1v) is 7.95. The Balaban J connectivity index is 1.83. The van der Waals surface area contributed by atoms with Crippen molar-refractivity contribution in [3.8, 4) is 5.69 Å². The summed E-state index contributed by atoms with van der Waals surface area (Å²) in [5.74, 6) is 1.32. The van der Waals surface area contributed by atoms with E-state index in [9.17, 15) is 0 Å². The Morgan fingerprint density at radius 2 is 2.22 bits per heavy atom. The van der Waals surface area contributed by atoms with Gasteiger partial charge in [0.25, 0.3) is 0 Å². The van der Waals surface area contributed by atoms with Gasteiger partial charge in [-0.05, 0) is 40.8 Å². The number of aromatic nitrogens is 4. The van der Waals surface area contributed by atoms with Crippen molar-refractivity contribution < 1.29 is 9.47 Å². The molecule has 0 amide bonds. The van der Waals surface area contributed by atoms with Gasteiger partial charge < -0.3 is 9.47 Å². The van der Waals surface area contributed by atoms with E-state index in [0.29, 0.717) is 11.7 Å². The van der Waals surface area contributed by atoms with Crippen LogP contribution in [0.15, 0.2) is 48.9 Å². The van der Waals surface area contributed by atoms with E-state index < -0.39 is 0 Å². The Bertz CT molecular complexity index is 908. The van der Waals surface area contributed by atoms with E-state index in [-0.39, 0.29) is 6.79 Å². The van der Waals surface area contributed by atoms with Gasteiger partial charge in [-0.1, -0.05) is 6.07 Å². The van der Waals surface area contributed by atoms with E-state index in [2.05, 4.69) is 43.7 Å². The van der Waals surface area contributed by atoms with Crippen molar-refractivity contribution in [3.05, 3.63) is 52.5 Å². The van der Waals surface area contributed by atoms with Crippen molar-refractivity contribution in [2.24, 2.45) is 0 Å². The van der Waals surface area contributed by atoms with Crippen LogP contribution in [0.1, 0.15) is 0 Å². The van der Waals surface area contributed by atoms with Crippen molar-refractivity contribution in [1.82, 2.24) is 19.7 Å². The summed E-state index contributed by atoms with van der Waals surface area (Å²) in [6.07, 6.45) is 4.85. The molecule has 3 heterocycles. The van der Waals surface area contributed by atoms with Gasteiger partial charge in [-0.3, -0.25) is 4.90 Å². The molecule has 8 heteroatoms. The summed E-state index contributed by atoms with van der Waals surface area (Å²) in [6.45, 7) is 0.218. The minimum Gasteiger partial charge on any atom is -0.459 e. The quantitative estimate of drug-likeness (QED) is 0.606. The molecular formula is C15H12IN5O2. The van der Waals surface area contributed by atoms with Crippen LogP contribution in [-0.2, 0) is 9.47 Å². The van der Waals surface area contributed by atoms with Gasteiger partial charge in [-0.25, -0.2) is 14.6 Å². The molecule has 2 aromatic heterocycles. The molecule has 0 N–H and O–H groups in total. The lowest BCUT2D eigenvalue weighted by molar-refractivity contribution is 0.0790. The van der Waals surface area contributed by atoms with Crippen LogP contribution in [-0.4, -0.2) is 33.6 Å². The van der Waals surface area contributed by atoms with Gasteiger partial charge in [0.1, 0.15) is 18.4 Å². The summed E-state index contributed by atoms with van der Waals surface area (Å²) in [5, 5.41) is 5.31. The number of hydrogen-bond acceptors (Lipinski definition) is 6. The zero-order chi connectivity index (χ0) is 15.8. The smallest absolute Gasteiger partial charge is 0.233 e. The first-order valence-electron chi connectivity index (χ1n) is 6.87. The van der Waals surface area contributed by atoms with E-state index in [4.69, 9.17) is 9.47 Å². The Hall–Kier alpha value is -2.36. The highest BCUT2D eigenvalue weighted by Gasteiger charge is 2.19. The van der Waals surface area contributed by atoms with Gasteiger partial charge in [-0.15, -0.1) is 0 Å². The van der Waals surface area contributed by atoms with Gasteiger partial charge in [0.15, 0.2) is 5.65 Å². The first-order chi connectivity index (χ1) is 11.2. The Labute approximate surface area is 145 Å². The van der Waals surface area contributed by atoms with Crippen LogP contribution in [0.5, 0.6) is 0 Å². The Morgan fingerprint density at radius 3 is 3.00 bits per heavy atom. The van der Waals surface area contributed by atoms with Crippen molar-refractivity contribution >= 4 is 39.4 Å². The molecule has 0 unspecified atom stereocenters. The minimum absolute atomic E-state index is 0.218. The van der Waals surface area contributed by atoms with E-state index >= 15 is 0 Å². The molecule has 1 aromatic carbocycles. The molecule has 0 radical (unpaired) electrons. The van der Waals surface area contributed by atoms with Gasteiger partial charge in [0.05, 0.1) is 17.3 Å². The second-order valence-corrected chi connectivity index (χ2v) is 6.16. The van der Waals surface area contributed by atoms with Crippen LogP contribution in [0.3, 0.4) is 0 Å². The van der Waals surface area contributed by atoms with Crippen LogP contribution in [0.4, 0.5) is 5.82 Å². The topological polar surface area (TPSA) is 65.3 Å². The molecule has 116 valence electrons. The van der Waals surface area contributed by atoms with Crippen molar-refractivity contribution in [1.29, 1.82) is 0 Å². The number of fused-ring (bicyclic) bond motifs is 1. The maximum atomic E-state index is 5.40. The summed E-state index contributed by atoms with van der Waals surface area (Å²) >= 11 is 2.28. The van der Waals surface area contributed by atoms with Crippen molar-refractivity contribution in [2.45, 2.75) is 0 Å². The van der Waals surface area contributed by atoms with Crippen LogP contribution in [0.2, 0.25) is 0 Å². The molecule has 23 heavy (non-hydrogen) atoms. The molecule has 0 atom stereocenters. The van der Waals surface area contributed by atoms with Crippen LogP contribution < -0.4 is 4.90 Å². The third-order valence-electron chi connectivity index (χ3n) is 3.50. The molecule has 0 saturated heterocycles. The molecule has 0 aliphatic carbocycles. The standard InChI is InChI=1S/C15H12IN5O2/c1-20(13-7-22-9-23-13)14-12-6-19-21(15(12)18-8-17-14)11-4-2-3-10(16)5-11/h2-8H,9H2,1H3. The predicted octanol–water partition coefficient (Wildman–Crippen LogP) is 2.66. The van der Waals surface area contributed by atoms with Crippen LogP contribution >= 0.6 is 22.6 Å². The number of rotatable bonds is 3. The fraction of sp³-hybridized carbons (Fsp3) is 0.133. The first kappa shape index (κ1) is 14.2. The number of benzene rings is 1. The fourth-order valence-electron chi connectivity index (χ4n) is 2.41. The molecule has 0 spiro atoms. The highest BCUT2D eigenvalue weighted by molar-refractivity contribution is 14.1. The van der Waals surface area contributed by atoms with E-state index in [1.54, 1.807) is 17.1 Å². The molecule has 1 aliphatic heterocycles. The third kappa shape index (κ3) is 2.48. The lowest BCUT2D eigenvalue weighted by atomic mass is 10.3. The van der Waals surface area contributed by atoms with Crippen LogP contribution in [0, 0.1) is 3.57 Å². The molecule has 4 rings (SSSR count). The zero-order valence-corrected chi connectivity index (χ0v) is 14.3. The Kier molecular flexibility index (Phi) is 3.52. The third-order valence-corrected chi connectivity index (χ3v) is 4.18. The van der Waals surface area contributed by atoms with Crippen LogP contribution in [0.25, 0.3) is 16.7 Å². The van der Waals surface area contributed by atoms with E-state index in [0.717, 1.165) is 20.3 Å². The Morgan fingerprint density at radius 1 is 1.30 bits per heavy atom. The highest BCUT2D eigenvalue weighted by Crippen LogP contribution is 2.27. The highest BCUT2D eigenvalue weighted by atomic mass is 127. The lowest BCUT2D eigenvalue weighted by Crippen LogP contribution is -2.18. The number of anilines is 1. The SMILES string of the molecule is CN(C1=COCO1)c1ncnc2c1cnn2-c1cccc(I)c1. The maximum absolute atomic E-state index is 5.40. The number of halogens is 1. The van der Waals surface area contributed by atoms with Gasteiger partial charge >= 0.3 is 0 Å². The number of ether oxygens (including phenoxy) is 2. The number of hydrogen-bond donors (Lipinski definition) is 0. The molecule has 3 aromatic rings. The summed E-state index contributed by atoms with van der Waals surface area (Å²) in [5.41, 5.74) is 1.70. The summed E-state index contributed by atoms with van der Waals surface area (Å²) in [4.78, 5) is 10.6. The van der Waals surface area contributed by atoms with Gasteiger partial charge in [0, 0.05) is 10.6 Å². The molecule has 0 bridgehead atoms. The van der Waals surface area contributed by atoms with Gasteiger partial charge in [-0.2, -0.15) is 5.10 Å². The molecule has 0 saturated carbocycles. The second kappa shape index (κ2) is 5.69. The minimum atomic E-state index is 0.218. The molecule has 0 fully saturated rings. The van der Waals surface area contributed by atoms with Gasteiger partial charge in [0.2, 0.25) is 12.7 Å². The summed E-state index contributed by atoms with van der Waals surface area (Å²) < 4.78 is 13.4. The van der Waals surface area contributed by atoms with E-state index in [1.807, 2.05) is 30.1 Å². The maximum Gasteiger partial charge on any atom is 0.233 e. The largest absolute Gasteiger partial charge is 0.459 e. The summed E-state index contributed by atoms with van der Waals surface area (Å²) in [6, 6.07) is 8.08. The number of nitrogens with zero attached hydrogens (tertiary/aromatic N) is 5. The van der Waals surface area contributed by atoms with Crippen molar-refractivity contribution in [3.63, 3.8) is 0 Å². The van der Waals surface area contributed by atoms with Crippen molar-refractivity contribution in [2.75, 3.05) is 18.7 Å². The molecule has 7 nitrogen and oxygen atoms in total. The average Bonchev–Trinajstić information content (AvgIpc) is 3.23. The predicted molar refractivity (Wildman–Crippen MR) is 92.9 cm³/mol. The second-order valence-electron chi connectivity index (χ2n) is 4.91. The monoisotopic (exact) mass is 421 g/mol. The summed E-state index contributed by atoms with van der Waals surface area (Å²) in [7, 11) is 1.87. The normalized spacial score (nSPS) is 13.6. The lowest BCUT2D eigenvalue weighted by Gasteiger charge is -2.17. The molecular weight excluding hydrogens is 409 g/mol.